The maximum Gasteiger partial charge on any atom is 0.336 e. The highest BCUT2D eigenvalue weighted by Gasteiger charge is 2.58. The van der Waals surface area contributed by atoms with Crippen LogP contribution in [-0.2, 0) is 9.59 Å². The summed E-state index contributed by atoms with van der Waals surface area (Å²) in [4.78, 5) is 23.7. The monoisotopic (exact) mass is 338 g/mol. The molecule has 0 amide bonds. The van der Waals surface area contributed by atoms with Crippen LogP contribution in [0.1, 0.15) is 12.0 Å². The molecule has 8 heteroatoms. The zero-order chi connectivity index (χ0) is 18.1. The van der Waals surface area contributed by atoms with Crippen LogP contribution >= 0.6 is 0 Å². The molecule has 1 fully saturated rings. The van der Waals surface area contributed by atoms with Crippen molar-refractivity contribution in [3.05, 3.63) is 35.9 Å². The molecule has 1 aliphatic rings. The number of para-hydroxylation sites is 1. The van der Waals surface area contributed by atoms with Gasteiger partial charge in [0.1, 0.15) is 11.9 Å². The molecule has 130 valence electrons. The first-order valence-corrected chi connectivity index (χ1v) is 7.18. The van der Waals surface area contributed by atoms with E-state index in [4.69, 9.17) is 0 Å². The molecular formula is C16H18O8. The number of rotatable bonds is 4. The molecule has 0 radical (unpaired) electrons. The van der Waals surface area contributed by atoms with Gasteiger partial charge in [0.25, 0.3) is 0 Å². The lowest BCUT2D eigenvalue weighted by Crippen LogP contribution is -2.64. The maximum absolute atomic E-state index is 12.3. The molecule has 0 aliphatic heterocycles. The molecule has 5 atom stereocenters. The molecule has 1 saturated carbocycles. The summed E-state index contributed by atoms with van der Waals surface area (Å²) in [5.41, 5.74) is -2.45. The summed E-state index contributed by atoms with van der Waals surface area (Å²) in [7, 11) is 0. The lowest BCUT2D eigenvalue weighted by molar-refractivity contribution is -0.207. The van der Waals surface area contributed by atoms with Gasteiger partial charge in [0, 0.05) is 12.0 Å². The molecule has 3 unspecified atom stereocenters. The Bertz CT molecular complexity index is 670. The van der Waals surface area contributed by atoms with Gasteiger partial charge in [-0.15, -0.1) is 0 Å². The number of allylic oxidation sites excluding steroid dienone is 1. The van der Waals surface area contributed by atoms with Crippen molar-refractivity contribution in [3.8, 4) is 5.75 Å². The third-order valence-electron chi connectivity index (χ3n) is 4.16. The van der Waals surface area contributed by atoms with Crippen molar-refractivity contribution in [1.29, 1.82) is 0 Å². The molecule has 1 aromatic rings. The first-order valence-electron chi connectivity index (χ1n) is 7.18. The Labute approximate surface area is 136 Å². The van der Waals surface area contributed by atoms with Gasteiger partial charge in [0.2, 0.25) is 0 Å². The van der Waals surface area contributed by atoms with Crippen molar-refractivity contribution >= 4 is 17.8 Å². The zero-order valence-electron chi connectivity index (χ0n) is 12.5. The summed E-state index contributed by atoms with van der Waals surface area (Å²) < 4.78 is 0. The lowest BCUT2D eigenvalue weighted by atomic mass is 9.69. The van der Waals surface area contributed by atoms with Crippen molar-refractivity contribution in [2.75, 3.05) is 0 Å². The third-order valence-corrected chi connectivity index (χ3v) is 4.16. The number of hydrogen-bond donors (Lipinski definition) is 6. The highest BCUT2D eigenvalue weighted by Crippen LogP contribution is 2.36. The Morgan fingerprint density at radius 2 is 1.75 bits per heavy atom. The fourth-order valence-corrected chi connectivity index (χ4v) is 2.80. The van der Waals surface area contributed by atoms with E-state index in [1.807, 2.05) is 0 Å². The van der Waals surface area contributed by atoms with Crippen molar-refractivity contribution in [1.82, 2.24) is 0 Å². The molecule has 8 nitrogen and oxygen atoms in total. The quantitative estimate of drug-likeness (QED) is 0.378. The summed E-state index contributed by atoms with van der Waals surface area (Å²) in [6, 6.07) is 6.05. The number of carboxylic acids is 1. The van der Waals surface area contributed by atoms with Gasteiger partial charge >= 0.3 is 5.97 Å². The number of phenols is 1. The van der Waals surface area contributed by atoms with Gasteiger partial charge in [0.05, 0.1) is 18.1 Å². The minimum atomic E-state index is -2.72. The molecule has 0 heterocycles. The predicted octanol–water partition coefficient (Wildman–Crippen LogP) is -1.11. The van der Waals surface area contributed by atoms with Gasteiger partial charge in [0.15, 0.2) is 11.4 Å². The van der Waals surface area contributed by atoms with E-state index in [1.54, 1.807) is 12.1 Å². The highest BCUT2D eigenvalue weighted by molar-refractivity contribution is 6.00. The Morgan fingerprint density at radius 1 is 1.12 bits per heavy atom. The number of benzene rings is 1. The molecule has 24 heavy (non-hydrogen) atoms. The van der Waals surface area contributed by atoms with E-state index in [1.165, 1.54) is 18.2 Å². The fraction of sp³-hybridized carbons (Fsp3) is 0.375. The lowest BCUT2D eigenvalue weighted by Gasteiger charge is -2.43. The number of aliphatic hydroxyl groups excluding tert-OH is 3. The van der Waals surface area contributed by atoms with Crippen LogP contribution in [-0.4, -0.2) is 66.3 Å². The van der Waals surface area contributed by atoms with Gasteiger partial charge in [-0.3, -0.25) is 4.79 Å². The Hall–Kier alpha value is -2.26. The van der Waals surface area contributed by atoms with E-state index in [-0.39, 0.29) is 11.3 Å². The SMILES string of the molecule is O=C(/C=C/c1ccccc1O)C1[C@@H](O)C(O)[C@H](O)CC1(O)C(=O)O. The molecule has 0 bridgehead atoms. The molecule has 0 aromatic heterocycles. The van der Waals surface area contributed by atoms with Crippen molar-refractivity contribution < 1.29 is 40.2 Å². The van der Waals surface area contributed by atoms with Crippen molar-refractivity contribution in [2.24, 2.45) is 5.92 Å². The van der Waals surface area contributed by atoms with Crippen LogP contribution in [0.5, 0.6) is 5.75 Å². The number of aliphatic carboxylic acids is 1. The van der Waals surface area contributed by atoms with E-state index in [9.17, 15) is 40.2 Å². The average molecular weight is 338 g/mol. The van der Waals surface area contributed by atoms with Crippen molar-refractivity contribution in [3.63, 3.8) is 0 Å². The molecule has 1 aromatic carbocycles. The topological polar surface area (TPSA) is 156 Å². The fourth-order valence-electron chi connectivity index (χ4n) is 2.80. The number of phenolic OH excluding ortho intramolecular Hbond substituents is 1. The Morgan fingerprint density at radius 3 is 2.33 bits per heavy atom. The number of aromatic hydroxyl groups is 1. The number of ketones is 1. The van der Waals surface area contributed by atoms with E-state index < -0.39 is 48.0 Å². The van der Waals surface area contributed by atoms with Crippen LogP contribution in [0, 0.1) is 5.92 Å². The second kappa shape index (κ2) is 6.70. The van der Waals surface area contributed by atoms with Crippen LogP contribution in [0.4, 0.5) is 0 Å². The van der Waals surface area contributed by atoms with E-state index >= 15 is 0 Å². The minimum Gasteiger partial charge on any atom is -0.507 e. The molecular weight excluding hydrogens is 320 g/mol. The average Bonchev–Trinajstić information content (AvgIpc) is 2.52. The van der Waals surface area contributed by atoms with Crippen LogP contribution < -0.4 is 0 Å². The predicted molar refractivity (Wildman–Crippen MR) is 80.9 cm³/mol. The number of hydrogen-bond acceptors (Lipinski definition) is 7. The van der Waals surface area contributed by atoms with Gasteiger partial charge in [-0.25, -0.2) is 4.79 Å². The zero-order valence-corrected chi connectivity index (χ0v) is 12.5. The van der Waals surface area contributed by atoms with E-state index in [0.717, 1.165) is 6.08 Å². The van der Waals surface area contributed by atoms with Gasteiger partial charge in [-0.1, -0.05) is 18.2 Å². The second-order valence-corrected chi connectivity index (χ2v) is 5.75. The van der Waals surface area contributed by atoms with E-state index in [2.05, 4.69) is 0 Å². The number of carbonyl (C=O) groups excluding carboxylic acids is 1. The number of aliphatic hydroxyl groups is 4. The van der Waals surface area contributed by atoms with Crippen LogP contribution in [0.25, 0.3) is 6.08 Å². The third kappa shape index (κ3) is 3.17. The summed E-state index contributed by atoms with van der Waals surface area (Å²) in [5, 5.41) is 58.3. The minimum absolute atomic E-state index is 0.116. The highest BCUT2D eigenvalue weighted by atomic mass is 16.4. The first kappa shape index (κ1) is 18.1. The van der Waals surface area contributed by atoms with E-state index in [0.29, 0.717) is 0 Å². The number of carboxylic acid groups (broad SMARTS) is 1. The van der Waals surface area contributed by atoms with Crippen LogP contribution in [0.15, 0.2) is 30.3 Å². The summed E-state index contributed by atoms with van der Waals surface area (Å²) in [6.45, 7) is 0. The smallest absolute Gasteiger partial charge is 0.336 e. The van der Waals surface area contributed by atoms with Gasteiger partial charge in [-0.2, -0.15) is 0 Å². The molecule has 1 aliphatic carbocycles. The summed E-state index contributed by atoms with van der Waals surface area (Å²) in [5.74, 6) is -4.73. The van der Waals surface area contributed by atoms with Crippen molar-refractivity contribution in [2.45, 2.75) is 30.3 Å². The molecule has 0 saturated heterocycles. The molecule has 2 rings (SSSR count). The van der Waals surface area contributed by atoms with Crippen LogP contribution in [0.2, 0.25) is 0 Å². The first-order chi connectivity index (χ1) is 11.2. The standard InChI is InChI=1S/C16H18O8/c17-9-4-2-1-3-8(9)5-6-10(18)12-14(21)13(20)11(19)7-16(12,24)15(22)23/h1-6,11-14,17,19-21,24H,7H2,(H,22,23)/b6-5+/t11-,12?,13?,14-,16?/m1/s1. The van der Waals surface area contributed by atoms with Crippen LogP contribution in [0.3, 0.4) is 0 Å². The van der Waals surface area contributed by atoms with Gasteiger partial charge in [-0.05, 0) is 18.2 Å². The number of carbonyl (C=O) groups is 2. The Kier molecular flexibility index (Phi) is 5.05. The second-order valence-electron chi connectivity index (χ2n) is 5.75. The van der Waals surface area contributed by atoms with Gasteiger partial charge < -0.3 is 30.6 Å². The maximum atomic E-state index is 12.3. The Balaban J connectivity index is 2.33. The normalized spacial score (nSPS) is 33.5. The summed E-state index contributed by atoms with van der Waals surface area (Å²) in [6.07, 6.45) is -4.12. The molecule has 6 N–H and O–H groups in total. The largest absolute Gasteiger partial charge is 0.507 e. The molecule has 0 spiro atoms. The summed E-state index contributed by atoms with van der Waals surface area (Å²) >= 11 is 0.